The zero-order chi connectivity index (χ0) is 23.3. The van der Waals surface area contributed by atoms with E-state index in [2.05, 4.69) is 5.32 Å². The average Bonchev–Trinajstić information content (AvgIpc) is 2.84. The van der Waals surface area contributed by atoms with E-state index in [4.69, 9.17) is 0 Å². The molecule has 4 aromatic carbocycles. The molecule has 0 spiro atoms. The molecular formula is C27H23NO4S. The maximum absolute atomic E-state index is 12.9. The van der Waals surface area contributed by atoms with Crippen molar-refractivity contribution >= 4 is 32.8 Å². The number of aldehydes is 1. The molecule has 6 heteroatoms. The van der Waals surface area contributed by atoms with Crippen LogP contribution in [0.25, 0.3) is 10.8 Å². The van der Waals surface area contributed by atoms with Crippen LogP contribution in [0.15, 0.2) is 102 Å². The van der Waals surface area contributed by atoms with Crippen molar-refractivity contribution in [3.8, 4) is 0 Å². The van der Waals surface area contributed by atoms with Gasteiger partial charge in [-0.1, -0.05) is 72.8 Å². The molecule has 0 aliphatic heterocycles. The Labute approximate surface area is 193 Å². The van der Waals surface area contributed by atoms with E-state index in [0.29, 0.717) is 17.5 Å². The van der Waals surface area contributed by atoms with Gasteiger partial charge >= 0.3 is 0 Å². The Morgan fingerprint density at radius 3 is 2.15 bits per heavy atom. The second-order valence-electron chi connectivity index (χ2n) is 7.87. The first-order valence-electron chi connectivity index (χ1n) is 10.6. The number of amides is 1. The fraction of sp³-hybridized carbons (Fsp3) is 0.111. The summed E-state index contributed by atoms with van der Waals surface area (Å²) in [6, 6.07) is 27.9. The van der Waals surface area contributed by atoms with E-state index in [1.807, 2.05) is 54.6 Å². The van der Waals surface area contributed by atoms with Crippen LogP contribution >= 0.6 is 0 Å². The molecule has 0 unspecified atom stereocenters. The van der Waals surface area contributed by atoms with Crippen LogP contribution in [0.2, 0.25) is 0 Å². The van der Waals surface area contributed by atoms with Gasteiger partial charge in [0.2, 0.25) is 0 Å². The number of nitrogens with one attached hydrogen (secondary N) is 1. The van der Waals surface area contributed by atoms with Crippen molar-refractivity contribution in [1.29, 1.82) is 0 Å². The highest BCUT2D eigenvalue weighted by molar-refractivity contribution is 7.90. The van der Waals surface area contributed by atoms with E-state index in [1.165, 1.54) is 0 Å². The average molecular weight is 458 g/mol. The summed E-state index contributed by atoms with van der Waals surface area (Å²) < 4.78 is 25.8. The first-order valence-corrected chi connectivity index (χ1v) is 12.2. The van der Waals surface area contributed by atoms with Crippen LogP contribution in [0.4, 0.5) is 0 Å². The molecule has 1 amide bonds. The molecule has 4 rings (SSSR count). The standard InChI is InChI=1S/C27H23NO4S/c29-18-25(16-20-6-2-1-3-7-20)28-27(30)23-12-10-21(11-13-23)19-33(31,32)26-15-14-22-8-4-5-9-24(22)17-26/h1-15,17-18,25H,16,19H2,(H,28,30)/t25-/m0/s1. The lowest BCUT2D eigenvalue weighted by Crippen LogP contribution is -2.37. The Kier molecular flexibility index (Phi) is 6.66. The minimum absolute atomic E-state index is 0.168. The molecule has 1 N–H and O–H groups in total. The first kappa shape index (κ1) is 22.4. The third-order valence-electron chi connectivity index (χ3n) is 5.43. The quantitative estimate of drug-likeness (QED) is 0.399. The zero-order valence-corrected chi connectivity index (χ0v) is 18.7. The van der Waals surface area contributed by atoms with E-state index in [1.54, 1.807) is 42.5 Å². The molecule has 0 fully saturated rings. The van der Waals surface area contributed by atoms with Crippen molar-refractivity contribution in [3.05, 3.63) is 114 Å². The van der Waals surface area contributed by atoms with Crippen LogP contribution in [0.1, 0.15) is 21.5 Å². The van der Waals surface area contributed by atoms with Crippen molar-refractivity contribution < 1.29 is 18.0 Å². The van der Waals surface area contributed by atoms with Crippen molar-refractivity contribution in [3.63, 3.8) is 0 Å². The van der Waals surface area contributed by atoms with Crippen LogP contribution in [0.3, 0.4) is 0 Å². The van der Waals surface area contributed by atoms with Gasteiger partial charge in [-0.2, -0.15) is 0 Å². The molecule has 0 radical (unpaired) electrons. The maximum Gasteiger partial charge on any atom is 0.251 e. The monoisotopic (exact) mass is 457 g/mol. The minimum atomic E-state index is -3.54. The molecule has 4 aromatic rings. The fourth-order valence-electron chi connectivity index (χ4n) is 3.67. The molecule has 0 aliphatic carbocycles. The smallest absolute Gasteiger partial charge is 0.251 e. The lowest BCUT2D eigenvalue weighted by atomic mass is 10.1. The Balaban J connectivity index is 1.43. The molecule has 5 nitrogen and oxygen atoms in total. The molecule has 166 valence electrons. The molecule has 0 aliphatic rings. The summed E-state index contributed by atoms with van der Waals surface area (Å²) in [4.78, 5) is 24.2. The fourth-order valence-corrected chi connectivity index (χ4v) is 5.05. The number of rotatable bonds is 8. The van der Waals surface area contributed by atoms with Crippen molar-refractivity contribution in [2.45, 2.75) is 23.1 Å². The normalized spacial score (nSPS) is 12.2. The number of hydrogen-bond donors (Lipinski definition) is 1. The molecule has 0 bridgehead atoms. The minimum Gasteiger partial charge on any atom is -0.342 e. The molecular weight excluding hydrogens is 434 g/mol. The van der Waals surface area contributed by atoms with Crippen molar-refractivity contribution in [2.24, 2.45) is 0 Å². The van der Waals surface area contributed by atoms with Gasteiger partial charge in [0.05, 0.1) is 16.7 Å². The molecule has 0 aromatic heterocycles. The lowest BCUT2D eigenvalue weighted by Gasteiger charge is -2.13. The van der Waals surface area contributed by atoms with Gasteiger partial charge < -0.3 is 10.1 Å². The summed E-state index contributed by atoms with van der Waals surface area (Å²) >= 11 is 0. The highest BCUT2D eigenvalue weighted by atomic mass is 32.2. The first-order chi connectivity index (χ1) is 15.9. The van der Waals surface area contributed by atoms with Gasteiger partial charge in [0.1, 0.15) is 6.29 Å². The molecule has 0 heterocycles. The van der Waals surface area contributed by atoms with Crippen molar-refractivity contribution in [1.82, 2.24) is 5.32 Å². The summed E-state index contributed by atoms with van der Waals surface area (Å²) in [5, 5.41) is 4.56. The van der Waals surface area contributed by atoms with Gasteiger partial charge in [-0.05, 0) is 52.6 Å². The Hall–Kier alpha value is -3.77. The van der Waals surface area contributed by atoms with E-state index in [0.717, 1.165) is 22.6 Å². The highest BCUT2D eigenvalue weighted by Gasteiger charge is 2.17. The van der Waals surface area contributed by atoms with Crippen LogP contribution in [-0.2, 0) is 26.8 Å². The summed E-state index contributed by atoms with van der Waals surface area (Å²) in [6.45, 7) is 0. The van der Waals surface area contributed by atoms with Crippen LogP contribution < -0.4 is 5.32 Å². The number of fused-ring (bicyclic) bond motifs is 1. The summed E-state index contributed by atoms with van der Waals surface area (Å²) in [7, 11) is -3.54. The van der Waals surface area contributed by atoms with Crippen LogP contribution in [0, 0.1) is 0 Å². The Bertz CT molecular complexity index is 1380. The van der Waals surface area contributed by atoms with E-state index in [-0.39, 0.29) is 16.6 Å². The third-order valence-corrected chi connectivity index (χ3v) is 7.12. The predicted octanol–water partition coefficient (Wildman–Crippen LogP) is 4.35. The summed E-state index contributed by atoms with van der Waals surface area (Å²) in [5.41, 5.74) is 1.89. The van der Waals surface area contributed by atoms with E-state index < -0.39 is 15.9 Å². The largest absolute Gasteiger partial charge is 0.342 e. The number of carbonyl (C=O) groups is 2. The second kappa shape index (κ2) is 9.79. The van der Waals surface area contributed by atoms with Gasteiger partial charge in [0, 0.05) is 5.56 Å². The zero-order valence-electron chi connectivity index (χ0n) is 17.8. The van der Waals surface area contributed by atoms with Gasteiger partial charge in [-0.3, -0.25) is 4.79 Å². The van der Waals surface area contributed by atoms with Gasteiger partial charge in [-0.15, -0.1) is 0 Å². The van der Waals surface area contributed by atoms with Gasteiger partial charge in [0.25, 0.3) is 5.91 Å². The SMILES string of the molecule is O=C[C@H](Cc1ccccc1)NC(=O)c1ccc(CS(=O)(=O)c2ccc3ccccc3c2)cc1. The van der Waals surface area contributed by atoms with Crippen LogP contribution in [-0.4, -0.2) is 26.7 Å². The lowest BCUT2D eigenvalue weighted by molar-refractivity contribution is -0.109. The topological polar surface area (TPSA) is 80.3 Å². The summed E-state index contributed by atoms with van der Waals surface area (Å²) in [5.74, 6) is -0.551. The molecule has 33 heavy (non-hydrogen) atoms. The van der Waals surface area contributed by atoms with Gasteiger partial charge in [-0.25, -0.2) is 8.42 Å². The second-order valence-corrected chi connectivity index (χ2v) is 9.86. The summed E-state index contributed by atoms with van der Waals surface area (Å²) in [6.07, 6.45) is 1.12. The Morgan fingerprint density at radius 2 is 1.45 bits per heavy atom. The molecule has 0 saturated heterocycles. The Morgan fingerprint density at radius 1 is 0.788 bits per heavy atom. The van der Waals surface area contributed by atoms with Crippen molar-refractivity contribution in [2.75, 3.05) is 0 Å². The van der Waals surface area contributed by atoms with E-state index in [9.17, 15) is 18.0 Å². The predicted molar refractivity (Wildman–Crippen MR) is 129 cm³/mol. The highest BCUT2D eigenvalue weighted by Crippen LogP contribution is 2.22. The maximum atomic E-state index is 12.9. The van der Waals surface area contributed by atoms with Crippen LogP contribution in [0.5, 0.6) is 0 Å². The third kappa shape index (κ3) is 5.54. The number of sulfone groups is 1. The van der Waals surface area contributed by atoms with Gasteiger partial charge in [0.15, 0.2) is 9.84 Å². The molecule has 0 saturated carbocycles. The number of hydrogen-bond acceptors (Lipinski definition) is 4. The number of benzene rings is 4. The molecule has 1 atom stereocenters. The van der Waals surface area contributed by atoms with E-state index >= 15 is 0 Å². The number of carbonyl (C=O) groups excluding carboxylic acids is 2.